The molecule has 4 aliphatic carbocycles. The molecule has 0 aromatic rings. The molecular weight excluding hydrogens is 366 g/mol. The van der Waals surface area contributed by atoms with Crippen molar-refractivity contribution in [2.75, 3.05) is 7.05 Å². The van der Waals surface area contributed by atoms with Gasteiger partial charge in [-0.25, -0.2) is 0 Å². The first-order chi connectivity index (χ1) is 14.0. The Labute approximate surface area is 186 Å². The summed E-state index contributed by atoms with van der Waals surface area (Å²) in [6, 6.07) is 0. The van der Waals surface area contributed by atoms with Crippen LogP contribution in [0.4, 0.5) is 0 Å². The summed E-state index contributed by atoms with van der Waals surface area (Å²) in [5.74, 6) is 3.40. The minimum absolute atomic E-state index is 0.0905. The predicted octanol–water partition coefficient (Wildman–Crippen LogP) is 6.73. The molecule has 0 aromatic carbocycles. The number of hydrogen-bond acceptors (Lipinski definition) is 2. The van der Waals surface area contributed by atoms with Gasteiger partial charge in [0.1, 0.15) is 0 Å². The van der Waals surface area contributed by atoms with Crippen molar-refractivity contribution in [2.45, 2.75) is 117 Å². The molecule has 172 valence electrons. The molecule has 3 saturated carbocycles. The van der Waals surface area contributed by atoms with Crippen molar-refractivity contribution in [3.05, 3.63) is 11.6 Å². The van der Waals surface area contributed by atoms with Crippen molar-refractivity contribution < 1.29 is 5.11 Å². The molecule has 0 bridgehead atoms. The molecule has 8 atom stereocenters. The number of rotatable bonds is 5. The molecule has 0 aromatic heterocycles. The second-order valence-corrected chi connectivity index (χ2v) is 13.1. The number of aliphatic hydroxyl groups excluding tert-OH is 1. The predicted molar refractivity (Wildman–Crippen MR) is 127 cm³/mol. The molecule has 3 unspecified atom stereocenters. The van der Waals surface area contributed by atoms with Crippen LogP contribution in [0.3, 0.4) is 0 Å². The molecule has 0 radical (unpaired) electrons. The first-order valence-electron chi connectivity index (χ1n) is 13.0. The minimum Gasteiger partial charge on any atom is -0.393 e. The van der Waals surface area contributed by atoms with Gasteiger partial charge in [-0.05, 0) is 125 Å². The van der Waals surface area contributed by atoms with Crippen LogP contribution >= 0.6 is 0 Å². The van der Waals surface area contributed by atoms with Crippen molar-refractivity contribution >= 4 is 0 Å². The van der Waals surface area contributed by atoms with E-state index in [0.29, 0.717) is 16.2 Å². The largest absolute Gasteiger partial charge is 0.393 e. The van der Waals surface area contributed by atoms with Gasteiger partial charge in [-0.3, -0.25) is 0 Å². The van der Waals surface area contributed by atoms with E-state index < -0.39 is 0 Å². The van der Waals surface area contributed by atoms with Gasteiger partial charge in [0.2, 0.25) is 0 Å². The normalized spacial score (nSPS) is 47.1. The Morgan fingerprint density at radius 3 is 2.50 bits per heavy atom. The van der Waals surface area contributed by atoms with E-state index in [-0.39, 0.29) is 11.6 Å². The number of hydrogen-bond donors (Lipinski definition) is 2. The maximum Gasteiger partial charge on any atom is 0.0577 e. The smallest absolute Gasteiger partial charge is 0.0577 e. The van der Waals surface area contributed by atoms with Crippen LogP contribution in [0.15, 0.2) is 11.6 Å². The molecule has 4 aliphatic rings. The highest BCUT2D eigenvalue weighted by atomic mass is 16.3. The molecule has 3 fully saturated rings. The van der Waals surface area contributed by atoms with Gasteiger partial charge in [0, 0.05) is 5.54 Å². The highest BCUT2D eigenvalue weighted by molar-refractivity contribution is 5.26. The molecule has 0 saturated heterocycles. The van der Waals surface area contributed by atoms with Crippen LogP contribution in [-0.4, -0.2) is 23.8 Å². The van der Waals surface area contributed by atoms with Gasteiger partial charge >= 0.3 is 0 Å². The lowest BCUT2D eigenvalue weighted by atomic mass is 9.44. The lowest BCUT2D eigenvalue weighted by Gasteiger charge is -2.60. The second kappa shape index (κ2) is 7.62. The summed E-state index contributed by atoms with van der Waals surface area (Å²) in [5, 5.41) is 13.8. The third kappa shape index (κ3) is 3.35. The molecule has 2 nitrogen and oxygen atoms in total. The molecule has 2 N–H and O–H groups in total. The van der Waals surface area contributed by atoms with Gasteiger partial charge in [-0.2, -0.15) is 0 Å². The van der Waals surface area contributed by atoms with E-state index in [2.05, 4.69) is 60.0 Å². The van der Waals surface area contributed by atoms with Crippen molar-refractivity contribution in [1.82, 2.24) is 5.32 Å². The Balaban J connectivity index is 1.55. The van der Waals surface area contributed by atoms with Gasteiger partial charge in [0.25, 0.3) is 0 Å². The Kier molecular flexibility index (Phi) is 5.80. The molecule has 4 rings (SSSR count). The zero-order valence-electron chi connectivity index (χ0n) is 21.0. The average molecular weight is 416 g/mol. The van der Waals surface area contributed by atoms with Gasteiger partial charge in [0.05, 0.1) is 6.10 Å². The highest BCUT2D eigenvalue weighted by Gasteiger charge is 2.63. The van der Waals surface area contributed by atoms with E-state index in [0.717, 1.165) is 36.5 Å². The summed E-state index contributed by atoms with van der Waals surface area (Å²) < 4.78 is 0. The van der Waals surface area contributed by atoms with Crippen LogP contribution in [0.25, 0.3) is 0 Å². The Morgan fingerprint density at radius 1 is 1.10 bits per heavy atom. The first-order valence-corrected chi connectivity index (χ1v) is 13.0. The summed E-state index contributed by atoms with van der Waals surface area (Å²) in [6.45, 7) is 15.2. The molecule has 0 aliphatic heterocycles. The Morgan fingerprint density at radius 2 is 1.80 bits per heavy atom. The maximum atomic E-state index is 10.3. The van der Waals surface area contributed by atoms with Gasteiger partial charge < -0.3 is 10.4 Å². The van der Waals surface area contributed by atoms with E-state index in [1.165, 1.54) is 51.4 Å². The van der Waals surface area contributed by atoms with Gasteiger partial charge in [-0.1, -0.05) is 39.3 Å². The third-order valence-corrected chi connectivity index (χ3v) is 11.7. The highest BCUT2D eigenvalue weighted by Crippen LogP contribution is 2.71. The van der Waals surface area contributed by atoms with Crippen molar-refractivity contribution in [2.24, 2.45) is 39.9 Å². The first kappa shape index (κ1) is 22.8. The number of aliphatic hydroxyl groups is 1. The van der Waals surface area contributed by atoms with Crippen LogP contribution in [-0.2, 0) is 0 Å². The monoisotopic (exact) mass is 415 g/mol. The van der Waals surface area contributed by atoms with Crippen LogP contribution in [0, 0.1) is 39.9 Å². The zero-order chi connectivity index (χ0) is 21.9. The van der Waals surface area contributed by atoms with Crippen molar-refractivity contribution in [3.8, 4) is 0 Å². The van der Waals surface area contributed by atoms with E-state index in [9.17, 15) is 5.11 Å². The third-order valence-electron chi connectivity index (χ3n) is 11.7. The fourth-order valence-corrected chi connectivity index (χ4v) is 8.77. The number of allylic oxidation sites excluding steroid dienone is 1. The van der Waals surface area contributed by atoms with Gasteiger partial charge in [-0.15, -0.1) is 0 Å². The van der Waals surface area contributed by atoms with E-state index in [4.69, 9.17) is 0 Å². The number of nitrogens with one attached hydrogen (secondary N) is 1. The lowest BCUT2D eigenvalue weighted by Crippen LogP contribution is -2.53. The maximum absolute atomic E-state index is 10.3. The molecule has 0 spiro atoms. The summed E-state index contributed by atoms with van der Waals surface area (Å²) in [7, 11) is 2.11. The van der Waals surface area contributed by atoms with Crippen LogP contribution in [0.2, 0.25) is 0 Å². The molecule has 30 heavy (non-hydrogen) atoms. The van der Waals surface area contributed by atoms with E-state index in [1.54, 1.807) is 5.57 Å². The van der Waals surface area contributed by atoms with Crippen LogP contribution in [0.5, 0.6) is 0 Å². The summed E-state index contributed by atoms with van der Waals surface area (Å²) in [6.07, 6.45) is 15.2. The molecule has 2 heteroatoms. The van der Waals surface area contributed by atoms with Crippen LogP contribution < -0.4 is 5.32 Å². The summed E-state index contributed by atoms with van der Waals surface area (Å²) in [5.41, 5.74) is 3.18. The summed E-state index contributed by atoms with van der Waals surface area (Å²) >= 11 is 0. The average Bonchev–Trinajstić information content (AvgIpc) is 2.99. The molecular formula is C28H49NO. The molecule has 0 heterocycles. The fraction of sp³-hybridized carbons (Fsp3) is 0.929. The SMILES string of the molecule is CNC(C)(C)CC[C@@H](C)[C@@]1(C)CCC2C3CC=C4C[C@@H](O)CC[C@]4(C)C3CC[C@@]21C. The van der Waals surface area contributed by atoms with E-state index >= 15 is 0 Å². The van der Waals surface area contributed by atoms with Crippen molar-refractivity contribution in [3.63, 3.8) is 0 Å². The van der Waals surface area contributed by atoms with Crippen molar-refractivity contribution in [1.29, 1.82) is 0 Å². The molecule has 0 amide bonds. The number of fused-ring (bicyclic) bond motifs is 5. The van der Waals surface area contributed by atoms with E-state index in [1.807, 2.05) is 0 Å². The van der Waals surface area contributed by atoms with Crippen LogP contribution in [0.1, 0.15) is 106 Å². The topological polar surface area (TPSA) is 32.3 Å². The quantitative estimate of drug-likeness (QED) is 0.488. The minimum atomic E-state index is -0.0905. The lowest BCUT2D eigenvalue weighted by molar-refractivity contribution is -0.0893. The zero-order valence-corrected chi connectivity index (χ0v) is 21.0. The second-order valence-electron chi connectivity index (χ2n) is 13.1. The van der Waals surface area contributed by atoms with Gasteiger partial charge in [0.15, 0.2) is 0 Å². The Bertz CT molecular complexity index is 682. The standard InChI is InChI=1S/C28H49NO/c1-19(10-14-25(2,3)29-7)27(5)16-13-24-22-9-8-20-18-21(30)11-15-26(20,4)23(22)12-17-28(24,27)6/h8,19,21-24,29-30H,9-18H2,1-7H3/t19-,21+,22?,23?,24?,26+,27-,28+/m1/s1. The Hall–Kier alpha value is -0.340. The fourth-order valence-electron chi connectivity index (χ4n) is 8.77. The summed E-state index contributed by atoms with van der Waals surface area (Å²) in [4.78, 5) is 0.